The van der Waals surface area contributed by atoms with E-state index in [1.165, 1.54) is 0 Å². The van der Waals surface area contributed by atoms with Gasteiger partial charge in [0.2, 0.25) is 0 Å². The van der Waals surface area contributed by atoms with Gasteiger partial charge in [-0.2, -0.15) is 0 Å². The summed E-state index contributed by atoms with van der Waals surface area (Å²) >= 11 is 0. The molecule has 0 aliphatic rings. The van der Waals surface area contributed by atoms with Crippen LogP contribution in [-0.2, 0) is 6.54 Å². The maximum atomic E-state index is 13.3. The van der Waals surface area contributed by atoms with Crippen LogP contribution in [0.5, 0.6) is 0 Å². The number of hydrogen-bond acceptors (Lipinski definition) is 2. The molecular formula is C25H22N2O. The fourth-order valence-corrected chi connectivity index (χ4v) is 3.53. The van der Waals surface area contributed by atoms with Gasteiger partial charge in [0.25, 0.3) is 5.91 Å². The first-order valence-electron chi connectivity index (χ1n) is 9.39. The highest BCUT2D eigenvalue weighted by atomic mass is 16.2. The molecule has 1 heterocycles. The Morgan fingerprint density at radius 3 is 2.07 bits per heavy atom. The van der Waals surface area contributed by atoms with Crippen molar-refractivity contribution in [2.75, 3.05) is 7.05 Å². The third-order valence-corrected chi connectivity index (χ3v) is 5.02. The van der Waals surface area contributed by atoms with Crippen LogP contribution in [0.25, 0.3) is 22.0 Å². The Hall–Kier alpha value is -3.46. The second-order valence-corrected chi connectivity index (χ2v) is 6.99. The molecule has 0 N–H and O–H groups in total. The summed E-state index contributed by atoms with van der Waals surface area (Å²) in [5, 5.41) is 2.13. The molecule has 3 nitrogen and oxygen atoms in total. The van der Waals surface area contributed by atoms with Gasteiger partial charge < -0.3 is 4.90 Å². The smallest absolute Gasteiger partial charge is 0.272 e. The minimum atomic E-state index is -0.0655. The Morgan fingerprint density at radius 1 is 0.821 bits per heavy atom. The molecule has 138 valence electrons. The summed E-state index contributed by atoms with van der Waals surface area (Å²) in [6.45, 7) is 2.53. The zero-order chi connectivity index (χ0) is 19.5. The quantitative estimate of drug-likeness (QED) is 0.479. The van der Waals surface area contributed by atoms with Gasteiger partial charge in [0.15, 0.2) is 0 Å². The molecule has 0 atom stereocenters. The molecule has 0 radical (unpaired) electrons. The van der Waals surface area contributed by atoms with Gasteiger partial charge in [-0.05, 0) is 23.4 Å². The average Bonchev–Trinajstić information content (AvgIpc) is 2.75. The fraction of sp³-hybridized carbons (Fsp3) is 0.120. The van der Waals surface area contributed by atoms with E-state index in [1.807, 2.05) is 86.8 Å². The van der Waals surface area contributed by atoms with Gasteiger partial charge >= 0.3 is 0 Å². The Bertz CT molecular complexity index is 1120. The Morgan fingerprint density at radius 2 is 1.39 bits per heavy atom. The van der Waals surface area contributed by atoms with Gasteiger partial charge in [0.05, 0.1) is 5.69 Å². The average molecular weight is 366 g/mol. The zero-order valence-electron chi connectivity index (χ0n) is 16.1. The standard InChI is InChI=1S/C25H22N2O/c1-18-21-15-9-10-16-22(21)24(20-13-7-4-8-14-20)26-23(18)25(28)27(2)17-19-11-5-3-6-12-19/h3-16H,17H2,1-2H3. The molecule has 4 rings (SSSR count). The number of aryl methyl sites for hydroxylation is 1. The van der Waals surface area contributed by atoms with Crippen molar-refractivity contribution in [3.8, 4) is 11.3 Å². The molecule has 1 amide bonds. The summed E-state index contributed by atoms with van der Waals surface area (Å²) in [6, 6.07) is 28.2. The predicted octanol–water partition coefficient (Wildman–Crippen LogP) is 5.48. The van der Waals surface area contributed by atoms with E-state index < -0.39 is 0 Å². The van der Waals surface area contributed by atoms with Gasteiger partial charge in [-0.25, -0.2) is 4.98 Å². The van der Waals surface area contributed by atoms with Gasteiger partial charge in [0.1, 0.15) is 5.69 Å². The minimum absolute atomic E-state index is 0.0655. The molecule has 0 aliphatic carbocycles. The SMILES string of the molecule is Cc1c(C(=O)N(C)Cc2ccccc2)nc(-c2ccccc2)c2ccccc12. The number of carbonyl (C=O) groups is 1. The van der Waals surface area contributed by atoms with Crippen molar-refractivity contribution in [1.29, 1.82) is 0 Å². The summed E-state index contributed by atoms with van der Waals surface area (Å²) in [4.78, 5) is 19.8. The van der Waals surface area contributed by atoms with E-state index in [0.717, 1.165) is 33.2 Å². The number of hydrogen-bond donors (Lipinski definition) is 0. The molecule has 0 unspecified atom stereocenters. The highest BCUT2D eigenvalue weighted by Crippen LogP contribution is 2.30. The third-order valence-electron chi connectivity index (χ3n) is 5.02. The van der Waals surface area contributed by atoms with Crippen LogP contribution >= 0.6 is 0 Å². The van der Waals surface area contributed by atoms with E-state index in [4.69, 9.17) is 4.98 Å². The van der Waals surface area contributed by atoms with Crippen molar-refractivity contribution >= 4 is 16.7 Å². The first-order chi connectivity index (χ1) is 13.6. The van der Waals surface area contributed by atoms with E-state index in [1.54, 1.807) is 4.90 Å². The molecule has 28 heavy (non-hydrogen) atoms. The lowest BCUT2D eigenvalue weighted by Crippen LogP contribution is -2.28. The highest BCUT2D eigenvalue weighted by molar-refractivity contribution is 6.04. The van der Waals surface area contributed by atoms with E-state index in [0.29, 0.717) is 12.2 Å². The van der Waals surface area contributed by atoms with Crippen LogP contribution in [0.15, 0.2) is 84.9 Å². The lowest BCUT2D eigenvalue weighted by molar-refractivity contribution is 0.0779. The molecule has 0 aliphatic heterocycles. The first kappa shape index (κ1) is 17.9. The van der Waals surface area contributed by atoms with E-state index in [-0.39, 0.29) is 5.91 Å². The normalized spacial score (nSPS) is 10.8. The molecule has 4 aromatic rings. The van der Waals surface area contributed by atoms with Gasteiger partial charge in [0, 0.05) is 24.5 Å². The largest absolute Gasteiger partial charge is 0.336 e. The van der Waals surface area contributed by atoms with E-state index in [9.17, 15) is 4.79 Å². The van der Waals surface area contributed by atoms with Crippen molar-refractivity contribution < 1.29 is 4.79 Å². The predicted molar refractivity (Wildman–Crippen MR) is 114 cm³/mol. The topological polar surface area (TPSA) is 33.2 Å². The Balaban J connectivity index is 1.80. The summed E-state index contributed by atoms with van der Waals surface area (Å²) in [7, 11) is 1.83. The maximum absolute atomic E-state index is 13.3. The lowest BCUT2D eigenvalue weighted by Gasteiger charge is -2.20. The number of nitrogens with zero attached hydrogens (tertiary/aromatic N) is 2. The van der Waals surface area contributed by atoms with Crippen LogP contribution in [0, 0.1) is 6.92 Å². The molecule has 0 saturated heterocycles. The molecule has 3 heteroatoms. The first-order valence-corrected chi connectivity index (χ1v) is 9.39. The molecule has 3 aromatic carbocycles. The summed E-state index contributed by atoms with van der Waals surface area (Å²) < 4.78 is 0. The van der Waals surface area contributed by atoms with Crippen LogP contribution in [0.4, 0.5) is 0 Å². The second kappa shape index (κ2) is 7.65. The van der Waals surface area contributed by atoms with Crippen molar-refractivity contribution in [2.24, 2.45) is 0 Å². The van der Waals surface area contributed by atoms with Gasteiger partial charge in [-0.3, -0.25) is 4.79 Å². The number of amides is 1. The van der Waals surface area contributed by atoms with Gasteiger partial charge in [-0.15, -0.1) is 0 Å². The molecule has 1 aromatic heterocycles. The highest BCUT2D eigenvalue weighted by Gasteiger charge is 2.20. The van der Waals surface area contributed by atoms with Crippen LogP contribution in [0.3, 0.4) is 0 Å². The number of carbonyl (C=O) groups excluding carboxylic acids is 1. The Labute approximate surface area is 165 Å². The second-order valence-electron chi connectivity index (χ2n) is 6.99. The van der Waals surface area contributed by atoms with Crippen LogP contribution < -0.4 is 0 Å². The van der Waals surface area contributed by atoms with Crippen molar-refractivity contribution in [3.63, 3.8) is 0 Å². The molecule has 0 spiro atoms. The van der Waals surface area contributed by atoms with Gasteiger partial charge in [-0.1, -0.05) is 84.9 Å². The van der Waals surface area contributed by atoms with Crippen molar-refractivity contribution in [1.82, 2.24) is 9.88 Å². The van der Waals surface area contributed by atoms with Crippen LogP contribution in [-0.4, -0.2) is 22.8 Å². The maximum Gasteiger partial charge on any atom is 0.272 e. The number of pyridine rings is 1. The zero-order valence-corrected chi connectivity index (χ0v) is 16.1. The van der Waals surface area contributed by atoms with Crippen molar-refractivity contribution in [2.45, 2.75) is 13.5 Å². The summed E-state index contributed by atoms with van der Waals surface area (Å²) in [5.41, 5.74) is 4.38. The molecular weight excluding hydrogens is 344 g/mol. The van der Waals surface area contributed by atoms with E-state index >= 15 is 0 Å². The number of aromatic nitrogens is 1. The summed E-state index contributed by atoms with van der Waals surface area (Å²) in [5.74, 6) is -0.0655. The van der Waals surface area contributed by atoms with Crippen LogP contribution in [0.2, 0.25) is 0 Å². The minimum Gasteiger partial charge on any atom is -0.336 e. The molecule has 0 bridgehead atoms. The number of rotatable bonds is 4. The van der Waals surface area contributed by atoms with E-state index in [2.05, 4.69) is 12.1 Å². The summed E-state index contributed by atoms with van der Waals surface area (Å²) in [6.07, 6.45) is 0. The molecule has 0 fully saturated rings. The Kier molecular flexibility index (Phi) is 4.90. The third kappa shape index (κ3) is 3.39. The van der Waals surface area contributed by atoms with Crippen LogP contribution in [0.1, 0.15) is 21.6 Å². The number of benzene rings is 3. The number of fused-ring (bicyclic) bond motifs is 1. The monoisotopic (exact) mass is 366 g/mol. The van der Waals surface area contributed by atoms with Crippen molar-refractivity contribution in [3.05, 3.63) is 102 Å². The lowest BCUT2D eigenvalue weighted by atomic mass is 9.98. The fourth-order valence-electron chi connectivity index (χ4n) is 3.53. The molecule has 0 saturated carbocycles.